The number of alkyl halides is 3. The van der Waals surface area contributed by atoms with Gasteiger partial charge in [0.15, 0.2) is 0 Å². The summed E-state index contributed by atoms with van der Waals surface area (Å²) in [6.07, 6.45) is -2.70. The van der Waals surface area contributed by atoms with Gasteiger partial charge in [0.2, 0.25) is 0 Å². The van der Waals surface area contributed by atoms with Crippen LogP contribution in [0.3, 0.4) is 0 Å². The van der Waals surface area contributed by atoms with Crippen molar-refractivity contribution in [3.05, 3.63) is 48.0 Å². The number of halogens is 3. The molecule has 0 spiro atoms. The van der Waals surface area contributed by atoms with Crippen molar-refractivity contribution in [1.29, 1.82) is 0 Å². The maximum Gasteiger partial charge on any atom is 0.573 e. The summed E-state index contributed by atoms with van der Waals surface area (Å²) in [4.78, 5) is 0. The fourth-order valence-electron chi connectivity index (χ4n) is 2.62. The van der Waals surface area contributed by atoms with Crippen LogP contribution in [-0.4, -0.2) is 6.36 Å². The fourth-order valence-corrected chi connectivity index (χ4v) is 2.62. The molecule has 0 saturated carbocycles. The molecule has 0 bridgehead atoms. The van der Waals surface area contributed by atoms with E-state index in [-0.39, 0.29) is 5.75 Å². The van der Waals surface area contributed by atoms with Gasteiger partial charge >= 0.3 is 6.36 Å². The maximum absolute atomic E-state index is 12.6. The van der Waals surface area contributed by atoms with E-state index in [2.05, 4.69) is 18.6 Å². The molecule has 0 heterocycles. The monoisotopic (exact) mass is 323 g/mol. The highest BCUT2D eigenvalue weighted by atomic mass is 19.4. The van der Waals surface area contributed by atoms with Crippen LogP contribution in [0.15, 0.2) is 42.5 Å². The normalized spacial score (nSPS) is 12.9. The molecule has 1 unspecified atom stereocenters. The summed E-state index contributed by atoms with van der Waals surface area (Å²) in [5.41, 5.74) is 8.37. The molecule has 2 rings (SSSR count). The van der Waals surface area contributed by atoms with Gasteiger partial charge in [-0.25, -0.2) is 0 Å². The van der Waals surface area contributed by atoms with Gasteiger partial charge in [-0.15, -0.1) is 13.2 Å². The molecule has 0 aliphatic heterocycles. The van der Waals surface area contributed by atoms with E-state index in [1.165, 1.54) is 12.1 Å². The van der Waals surface area contributed by atoms with E-state index < -0.39 is 6.36 Å². The summed E-state index contributed by atoms with van der Waals surface area (Å²) >= 11 is 0. The van der Waals surface area contributed by atoms with Gasteiger partial charge in [-0.2, -0.15) is 0 Å². The van der Waals surface area contributed by atoms with E-state index in [4.69, 9.17) is 5.73 Å². The summed E-state index contributed by atoms with van der Waals surface area (Å²) in [7, 11) is 0. The van der Waals surface area contributed by atoms with Crippen LogP contribution >= 0.6 is 0 Å². The number of nitrogen functional groups attached to an aromatic ring is 1. The second-order valence-corrected chi connectivity index (χ2v) is 5.58. The smallest absolute Gasteiger partial charge is 0.405 e. The van der Waals surface area contributed by atoms with Crippen LogP contribution in [0.1, 0.15) is 38.2 Å². The van der Waals surface area contributed by atoms with Crippen molar-refractivity contribution in [2.45, 2.75) is 39.0 Å². The van der Waals surface area contributed by atoms with E-state index in [0.29, 0.717) is 22.7 Å². The molecular weight excluding hydrogens is 303 g/mol. The van der Waals surface area contributed by atoms with Gasteiger partial charge in [0, 0.05) is 16.8 Å². The first-order chi connectivity index (χ1) is 10.8. The minimum atomic E-state index is -4.74. The Bertz CT molecular complexity index is 668. The number of anilines is 1. The van der Waals surface area contributed by atoms with Crippen LogP contribution in [0.25, 0.3) is 11.1 Å². The van der Waals surface area contributed by atoms with Crippen LogP contribution in [0.2, 0.25) is 0 Å². The highest BCUT2D eigenvalue weighted by Crippen LogP contribution is 2.38. The zero-order valence-electron chi connectivity index (χ0n) is 13.2. The van der Waals surface area contributed by atoms with Gasteiger partial charge in [-0.1, -0.05) is 44.5 Å². The molecule has 23 heavy (non-hydrogen) atoms. The van der Waals surface area contributed by atoms with Crippen molar-refractivity contribution < 1.29 is 17.9 Å². The van der Waals surface area contributed by atoms with Gasteiger partial charge in [0.05, 0.1) is 0 Å². The number of benzene rings is 2. The molecule has 2 aromatic rings. The fraction of sp³-hybridized carbons (Fsp3) is 0.333. The Balaban J connectivity index is 2.48. The summed E-state index contributed by atoms with van der Waals surface area (Å²) in [5, 5.41) is 0. The highest BCUT2D eigenvalue weighted by molar-refractivity contribution is 5.81. The van der Waals surface area contributed by atoms with Crippen molar-refractivity contribution >= 4 is 5.69 Å². The minimum absolute atomic E-state index is 0.244. The largest absolute Gasteiger partial charge is 0.573 e. The first-order valence-electron chi connectivity index (χ1n) is 7.56. The maximum atomic E-state index is 12.6. The predicted octanol–water partition coefficient (Wildman–Crippen LogP) is 5.74. The number of rotatable bonds is 5. The molecule has 5 heteroatoms. The highest BCUT2D eigenvalue weighted by Gasteiger charge is 2.32. The first kappa shape index (κ1) is 17.2. The zero-order chi connectivity index (χ0) is 17.0. The molecule has 2 N–H and O–H groups in total. The second-order valence-electron chi connectivity index (χ2n) is 5.58. The topological polar surface area (TPSA) is 35.2 Å². The van der Waals surface area contributed by atoms with Crippen molar-refractivity contribution in [3.8, 4) is 16.9 Å². The number of nitrogens with two attached hydrogens (primary N) is 1. The average Bonchev–Trinajstić information content (AvgIpc) is 2.47. The quantitative estimate of drug-likeness (QED) is 0.712. The minimum Gasteiger partial charge on any atom is -0.405 e. The lowest BCUT2D eigenvalue weighted by Gasteiger charge is -2.17. The van der Waals surface area contributed by atoms with E-state index >= 15 is 0 Å². The molecule has 2 nitrogen and oxygen atoms in total. The molecule has 0 saturated heterocycles. The van der Waals surface area contributed by atoms with Crippen LogP contribution in [0.4, 0.5) is 18.9 Å². The molecule has 0 fully saturated rings. The average molecular weight is 323 g/mol. The van der Waals surface area contributed by atoms with E-state index in [9.17, 15) is 13.2 Å². The molecule has 0 aliphatic carbocycles. The number of hydrogen-bond acceptors (Lipinski definition) is 2. The third-order valence-electron chi connectivity index (χ3n) is 3.77. The van der Waals surface area contributed by atoms with Crippen molar-refractivity contribution in [3.63, 3.8) is 0 Å². The van der Waals surface area contributed by atoms with Crippen LogP contribution in [-0.2, 0) is 0 Å². The SMILES string of the molecule is CCCC(C)c1ccc(N)c(-c2ccccc2OC(F)(F)F)c1. The Kier molecular flexibility index (Phi) is 5.19. The van der Waals surface area contributed by atoms with E-state index in [1.807, 2.05) is 12.1 Å². The molecule has 0 radical (unpaired) electrons. The summed E-state index contributed by atoms with van der Waals surface area (Å²) in [6.45, 7) is 4.19. The van der Waals surface area contributed by atoms with Gasteiger partial charge in [-0.3, -0.25) is 0 Å². The van der Waals surface area contributed by atoms with Crippen LogP contribution in [0.5, 0.6) is 5.75 Å². The van der Waals surface area contributed by atoms with E-state index in [0.717, 1.165) is 18.4 Å². The first-order valence-corrected chi connectivity index (χ1v) is 7.56. The Morgan fingerprint density at radius 1 is 1.09 bits per heavy atom. The van der Waals surface area contributed by atoms with Gasteiger partial charge < -0.3 is 10.5 Å². The predicted molar refractivity (Wildman–Crippen MR) is 86.3 cm³/mol. The van der Waals surface area contributed by atoms with Gasteiger partial charge in [0.25, 0.3) is 0 Å². The Morgan fingerprint density at radius 3 is 2.43 bits per heavy atom. The molecular formula is C18H20F3NO. The molecule has 0 amide bonds. The van der Waals surface area contributed by atoms with E-state index in [1.54, 1.807) is 18.2 Å². The number of hydrogen-bond donors (Lipinski definition) is 1. The lowest BCUT2D eigenvalue weighted by molar-refractivity contribution is -0.274. The lowest BCUT2D eigenvalue weighted by Crippen LogP contribution is -2.17. The molecule has 1 atom stereocenters. The van der Waals surface area contributed by atoms with Crippen LogP contribution in [0, 0.1) is 0 Å². The molecule has 124 valence electrons. The third kappa shape index (κ3) is 4.41. The van der Waals surface area contributed by atoms with Gasteiger partial charge in [0.1, 0.15) is 5.75 Å². The van der Waals surface area contributed by atoms with Crippen molar-refractivity contribution in [2.24, 2.45) is 0 Å². The van der Waals surface area contributed by atoms with Crippen LogP contribution < -0.4 is 10.5 Å². The molecule has 2 aromatic carbocycles. The zero-order valence-corrected chi connectivity index (χ0v) is 13.2. The standard InChI is InChI=1S/C18H20F3NO/c1-3-6-12(2)13-9-10-16(22)15(11-13)14-7-4-5-8-17(14)23-18(19,20)21/h4-5,7-12H,3,6,22H2,1-2H3. The van der Waals surface area contributed by atoms with Crippen molar-refractivity contribution in [2.75, 3.05) is 5.73 Å². The second kappa shape index (κ2) is 6.94. The Morgan fingerprint density at radius 2 is 1.78 bits per heavy atom. The third-order valence-corrected chi connectivity index (χ3v) is 3.77. The number of ether oxygens (including phenoxy) is 1. The van der Waals surface area contributed by atoms with Crippen molar-refractivity contribution in [1.82, 2.24) is 0 Å². The Hall–Kier alpha value is -2.17. The molecule has 0 aliphatic rings. The van der Waals surface area contributed by atoms with Gasteiger partial charge in [-0.05, 0) is 36.1 Å². The summed E-state index contributed by atoms with van der Waals surface area (Å²) < 4.78 is 41.9. The molecule has 0 aromatic heterocycles. The summed E-state index contributed by atoms with van der Waals surface area (Å²) in [6, 6.07) is 11.6. The Labute approximate surface area is 134 Å². The summed E-state index contributed by atoms with van der Waals surface area (Å²) in [5.74, 6) is 0.0713. The lowest BCUT2D eigenvalue weighted by atomic mass is 9.92. The number of para-hydroxylation sites is 1.